The Bertz CT molecular complexity index is 1690. The molecule has 2 aromatic heterocycles. The zero-order valence-corrected chi connectivity index (χ0v) is 28.7. The van der Waals surface area contributed by atoms with Crippen molar-refractivity contribution in [3.05, 3.63) is 154 Å². The molecule has 10 heterocycles. The summed E-state index contributed by atoms with van der Waals surface area (Å²) in [6.45, 7) is 0. The minimum Gasteiger partial charge on any atom is -0.360 e. The smallest absolute Gasteiger partial charge is 0.147 e. The van der Waals surface area contributed by atoms with Crippen molar-refractivity contribution in [2.24, 2.45) is 0 Å². The second-order valence-electron chi connectivity index (χ2n) is 11.4. The Hall–Kier alpha value is -3.30. The van der Waals surface area contributed by atoms with Crippen LogP contribution >= 0.6 is 47.0 Å². The summed E-state index contributed by atoms with van der Waals surface area (Å²) < 4.78 is 11.3. The molecular weight excluding hydrogens is 645 g/mol. The number of nitrogens with zero attached hydrogens (tertiary/aromatic N) is 2. The van der Waals surface area contributed by atoms with Crippen LogP contribution in [0, 0.1) is 0 Å². The molecule has 232 valence electrons. The average Bonchev–Trinajstić information content (AvgIpc) is 3.77. The topological polar surface area (TPSA) is 52.1 Å². The maximum atomic E-state index is 5.66. The van der Waals surface area contributed by atoms with E-state index in [2.05, 4.69) is 120 Å². The molecule has 4 aromatic carbocycles. The largest absolute Gasteiger partial charge is 0.360 e. The van der Waals surface area contributed by atoms with E-state index < -0.39 is 0 Å². The Labute approximate surface area is 287 Å². The van der Waals surface area contributed by atoms with Gasteiger partial charge in [0.05, 0.1) is 11.5 Å². The Morgan fingerprint density at radius 2 is 0.609 bits per heavy atom. The minimum absolute atomic E-state index is 0.794. The molecule has 12 bridgehead atoms. The molecule has 46 heavy (non-hydrogen) atoms. The zero-order chi connectivity index (χ0) is 31.0. The highest BCUT2D eigenvalue weighted by atomic mass is 32.2. The van der Waals surface area contributed by atoms with Crippen molar-refractivity contribution in [1.82, 2.24) is 10.3 Å². The fourth-order valence-corrected chi connectivity index (χ4v) is 8.81. The summed E-state index contributed by atoms with van der Waals surface area (Å²) in [6.07, 6.45) is 0. The normalized spacial score (nSPS) is 14.8. The van der Waals surface area contributed by atoms with Gasteiger partial charge in [0.2, 0.25) is 0 Å². The monoisotopic (exact) mass is 678 g/mol. The van der Waals surface area contributed by atoms with E-state index in [1.54, 1.807) is 0 Å². The number of aromatic nitrogens is 2. The summed E-state index contributed by atoms with van der Waals surface area (Å²) >= 11 is 7.58. The fourth-order valence-electron chi connectivity index (χ4n) is 5.15. The molecule has 0 saturated heterocycles. The fraction of sp³-hybridized carbons (Fsp3) is 0.211. The number of rotatable bonds is 0. The number of hydrogen-bond acceptors (Lipinski definition) is 8. The maximum absolute atomic E-state index is 5.66. The number of benzene rings is 4. The van der Waals surface area contributed by atoms with Crippen molar-refractivity contribution in [2.45, 2.75) is 46.0 Å². The van der Waals surface area contributed by atoms with Crippen LogP contribution in [-0.2, 0) is 46.0 Å². The molecule has 0 amide bonds. The van der Waals surface area contributed by atoms with Gasteiger partial charge in [0, 0.05) is 57.8 Å². The van der Waals surface area contributed by atoms with Crippen molar-refractivity contribution in [2.75, 3.05) is 0 Å². The first-order chi connectivity index (χ1) is 22.7. The molecule has 0 unspecified atom stereocenters. The Balaban J connectivity index is 1.02. The van der Waals surface area contributed by atoms with Crippen LogP contribution in [0.25, 0.3) is 22.5 Å². The zero-order valence-electron chi connectivity index (χ0n) is 25.4. The van der Waals surface area contributed by atoms with Gasteiger partial charge in [-0.1, -0.05) is 107 Å². The number of hydrogen-bond donors (Lipinski definition) is 0. The van der Waals surface area contributed by atoms with E-state index in [0.29, 0.717) is 0 Å². The predicted octanol–water partition coefficient (Wildman–Crippen LogP) is 11.0. The van der Waals surface area contributed by atoms with E-state index in [1.807, 2.05) is 47.0 Å². The first kappa shape index (κ1) is 31.3. The van der Waals surface area contributed by atoms with Gasteiger partial charge in [-0.15, -0.1) is 23.5 Å². The van der Waals surface area contributed by atoms with Crippen LogP contribution in [0.3, 0.4) is 0 Å². The van der Waals surface area contributed by atoms with E-state index in [4.69, 9.17) is 9.05 Å². The Morgan fingerprint density at radius 1 is 0.348 bits per heavy atom. The van der Waals surface area contributed by atoms with Crippen molar-refractivity contribution >= 4 is 47.0 Å². The van der Waals surface area contributed by atoms with Crippen molar-refractivity contribution in [3.63, 3.8) is 0 Å². The highest BCUT2D eigenvalue weighted by Crippen LogP contribution is 2.28. The summed E-state index contributed by atoms with van der Waals surface area (Å²) in [5.41, 5.74) is 12.0. The van der Waals surface area contributed by atoms with E-state index in [0.717, 1.165) is 80.1 Å². The molecule has 0 atom stereocenters. The summed E-state index contributed by atoms with van der Waals surface area (Å²) in [4.78, 5) is 0. The summed E-state index contributed by atoms with van der Waals surface area (Å²) in [7, 11) is 0. The molecule has 0 aliphatic carbocycles. The highest BCUT2D eigenvalue weighted by Gasteiger charge is 2.10. The molecule has 8 heteroatoms. The van der Waals surface area contributed by atoms with E-state index in [1.165, 1.54) is 33.4 Å². The maximum Gasteiger partial charge on any atom is 0.147 e. The van der Waals surface area contributed by atoms with Crippen LogP contribution in [0.2, 0.25) is 0 Å². The van der Waals surface area contributed by atoms with Gasteiger partial charge in [-0.3, -0.25) is 0 Å². The Kier molecular flexibility index (Phi) is 10.6. The van der Waals surface area contributed by atoms with Gasteiger partial charge in [-0.25, -0.2) is 0 Å². The first-order valence-corrected chi connectivity index (χ1v) is 19.9. The van der Waals surface area contributed by atoms with E-state index >= 15 is 0 Å². The third-order valence-electron chi connectivity index (χ3n) is 7.76. The molecule has 4 nitrogen and oxygen atoms in total. The van der Waals surface area contributed by atoms with Gasteiger partial charge in [-0.2, -0.15) is 23.5 Å². The van der Waals surface area contributed by atoms with E-state index in [-0.39, 0.29) is 0 Å². The average molecular weight is 679 g/mol. The lowest BCUT2D eigenvalue weighted by molar-refractivity contribution is 0.397. The molecule has 8 aliphatic rings. The third kappa shape index (κ3) is 8.53. The lowest BCUT2D eigenvalue weighted by Crippen LogP contribution is -1.87. The SMILES string of the molecule is c1cc2ccc1CSCc1ccc(cc1)-c1cc(on1)CSCc1ccc(cc1)CSCc1cc(no1)-c1ccc(cc1)CSC2. The predicted molar refractivity (Wildman–Crippen MR) is 197 cm³/mol. The van der Waals surface area contributed by atoms with Gasteiger partial charge in [0.25, 0.3) is 0 Å². The van der Waals surface area contributed by atoms with Gasteiger partial charge in [-0.05, 0) is 33.4 Å². The molecule has 0 spiro atoms. The van der Waals surface area contributed by atoms with E-state index in [9.17, 15) is 0 Å². The quantitative estimate of drug-likeness (QED) is 0.157. The second kappa shape index (κ2) is 15.5. The lowest BCUT2D eigenvalue weighted by Gasteiger charge is -2.06. The Morgan fingerprint density at radius 3 is 0.913 bits per heavy atom. The van der Waals surface area contributed by atoms with Crippen LogP contribution in [0.1, 0.15) is 44.9 Å². The molecule has 6 aromatic rings. The molecule has 8 aliphatic heterocycles. The standard InChI is InChI=1S/C38H34N2O2S4/c1-2-28-4-3-27(1)19-43-21-31-9-13-33(14-10-31)37-17-35(41-39-37)25-45-23-29-5-7-30(8-6-29)24-46-26-36-18-38(40-42-36)34-15-11-32(12-16-34)22-44-20-28/h1-18H,19-26H2. The molecule has 0 fully saturated rings. The minimum atomic E-state index is 0.794. The summed E-state index contributed by atoms with van der Waals surface area (Å²) in [5, 5.41) is 8.68. The van der Waals surface area contributed by atoms with Gasteiger partial charge >= 0.3 is 0 Å². The lowest BCUT2D eigenvalue weighted by atomic mass is 10.1. The first-order valence-electron chi connectivity index (χ1n) is 15.3. The van der Waals surface area contributed by atoms with Gasteiger partial charge in [0.15, 0.2) is 0 Å². The molecule has 14 rings (SSSR count). The molecule has 0 N–H and O–H groups in total. The van der Waals surface area contributed by atoms with Crippen LogP contribution in [-0.4, -0.2) is 10.3 Å². The second-order valence-corrected chi connectivity index (χ2v) is 15.3. The van der Waals surface area contributed by atoms with Crippen LogP contribution in [0.4, 0.5) is 0 Å². The molecule has 0 saturated carbocycles. The number of thioether (sulfide) groups is 4. The van der Waals surface area contributed by atoms with Crippen LogP contribution in [0.15, 0.2) is 118 Å². The third-order valence-corrected chi connectivity index (χ3v) is 12.0. The highest BCUT2D eigenvalue weighted by molar-refractivity contribution is 7.98. The van der Waals surface area contributed by atoms with Gasteiger partial charge in [0.1, 0.15) is 22.9 Å². The molecular formula is C38H34N2O2S4. The van der Waals surface area contributed by atoms with Crippen molar-refractivity contribution < 1.29 is 9.05 Å². The summed E-state index contributed by atoms with van der Waals surface area (Å²) in [6, 6.07) is 39.6. The van der Waals surface area contributed by atoms with Crippen molar-refractivity contribution in [3.8, 4) is 22.5 Å². The molecule has 0 radical (unpaired) electrons. The van der Waals surface area contributed by atoms with Crippen molar-refractivity contribution in [1.29, 1.82) is 0 Å². The van der Waals surface area contributed by atoms with Crippen LogP contribution < -0.4 is 0 Å². The van der Waals surface area contributed by atoms with Crippen LogP contribution in [0.5, 0.6) is 0 Å². The van der Waals surface area contributed by atoms with Gasteiger partial charge < -0.3 is 9.05 Å². The summed E-state index contributed by atoms with van der Waals surface area (Å²) in [5.74, 6) is 9.23.